The van der Waals surface area contributed by atoms with Crippen LogP contribution in [0.25, 0.3) is 0 Å². The molecule has 1 N–H and O–H groups in total. The number of hydrogen-bond acceptors (Lipinski definition) is 5. The average Bonchev–Trinajstić information content (AvgIpc) is 3.19. The Labute approximate surface area is 131 Å². The molecule has 0 fully saturated rings. The van der Waals surface area contributed by atoms with Crippen LogP contribution >= 0.6 is 0 Å². The fourth-order valence-corrected chi connectivity index (χ4v) is 2.99. The van der Waals surface area contributed by atoms with E-state index >= 15 is 0 Å². The van der Waals surface area contributed by atoms with Gasteiger partial charge in [-0.1, -0.05) is 18.5 Å². The molecule has 120 valence electrons. The summed E-state index contributed by atoms with van der Waals surface area (Å²) < 4.78 is 7.63. The average molecular weight is 303 g/mol. The molecule has 2 unspecified atom stereocenters. The van der Waals surface area contributed by atoms with Crippen LogP contribution in [0.4, 0.5) is 0 Å². The lowest BCUT2D eigenvalue weighted by atomic mass is 9.98. The summed E-state index contributed by atoms with van der Waals surface area (Å²) >= 11 is 0. The maximum atomic E-state index is 5.37. The molecule has 2 atom stereocenters. The maximum Gasteiger partial charge on any atom is 0.243 e. The van der Waals surface area contributed by atoms with Crippen LogP contribution in [0.2, 0.25) is 0 Å². The van der Waals surface area contributed by atoms with Gasteiger partial charge in [-0.05, 0) is 26.2 Å². The van der Waals surface area contributed by atoms with Gasteiger partial charge in [-0.15, -0.1) is 0 Å². The number of unbranched alkanes of at least 4 members (excludes halogenated alkanes) is 1. The van der Waals surface area contributed by atoms with Crippen molar-refractivity contribution < 1.29 is 4.52 Å². The number of nitrogens with one attached hydrogen (secondary N) is 1. The largest absolute Gasteiger partial charge is 0.338 e. The molecule has 0 saturated heterocycles. The molecule has 0 radical (unpaired) electrons. The molecule has 22 heavy (non-hydrogen) atoms. The first-order valence-electron chi connectivity index (χ1n) is 8.34. The maximum absolute atomic E-state index is 5.37. The lowest BCUT2D eigenvalue weighted by Crippen LogP contribution is -2.28. The van der Waals surface area contributed by atoms with Crippen LogP contribution in [0.5, 0.6) is 0 Å². The standard InChI is InChI=1S/C16H25N5O/c1-3-4-7-14-19-16(22-20-14)12(2)18-11-13-6-5-9-21-10-8-17-15(13)21/h8,10,12-13,18H,3-7,9,11H2,1-2H3. The van der Waals surface area contributed by atoms with Gasteiger partial charge in [-0.2, -0.15) is 4.98 Å². The Kier molecular flexibility index (Phi) is 4.87. The van der Waals surface area contributed by atoms with Gasteiger partial charge in [0.05, 0.1) is 6.04 Å². The Balaban J connectivity index is 1.54. The molecule has 0 spiro atoms. The fourth-order valence-electron chi connectivity index (χ4n) is 2.99. The van der Waals surface area contributed by atoms with Crippen molar-refractivity contribution in [1.82, 2.24) is 25.0 Å². The van der Waals surface area contributed by atoms with E-state index < -0.39 is 0 Å². The van der Waals surface area contributed by atoms with Crippen LogP contribution in [-0.2, 0) is 13.0 Å². The molecule has 0 aromatic carbocycles. The van der Waals surface area contributed by atoms with Crippen molar-refractivity contribution in [3.63, 3.8) is 0 Å². The molecule has 1 aliphatic heterocycles. The molecule has 6 heteroatoms. The molecule has 3 rings (SSSR count). The Bertz CT molecular complexity index is 591. The topological polar surface area (TPSA) is 68.8 Å². The summed E-state index contributed by atoms with van der Waals surface area (Å²) in [4.78, 5) is 8.98. The highest BCUT2D eigenvalue weighted by Crippen LogP contribution is 2.25. The van der Waals surface area contributed by atoms with Gasteiger partial charge in [0.2, 0.25) is 5.89 Å². The zero-order valence-corrected chi connectivity index (χ0v) is 13.5. The monoisotopic (exact) mass is 303 g/mol. The van der Waals surface area contributed by atoms with Crippen molar-refractivity contribution >= 4 is 0 Å². The second-order valence-electron chi connectivity index (χ2n) is 6.10. The van der Waals surface area contributed by atoms with E-state index in [1.807, 2.05) is 6.20 Å². The summed E-state index contributed by atoms with van der Waals surface area (Å²) in [6.07, 6.45) is 9.51. The summed E-state index contributed by atoms with van der Waals surface area (Å²) in [5.74, 6) is 3.16. The first-order chi connectivity index (χ1) is 10.8. The van der Waals surface area contributed by atoms with Crippen molar-refractivity contribution in [1.29, 1.82) is 0 Å². The van der Waals surface area contributed by atoms with Crippen molar-refractivity contribution in [3.05, 3.63) is 29.9 Å². The number of hydrogen-bond donors (Lipinski definition) is 1. The van der Waals surface area contributed by atoms with Gasteiger partial charge in [0.25, 0.3) is 0 Å². The summed E-state index contributed by atoms with van der Waals surface area (Å²) in [6, 6.07) is 0.0771. The fraction of sp³-hybridized carbons (Fsp3) is 0.688. The minimum Gasteiger partial charge on any atom is -0.338 e. The van der Waals surface area contributed by atoms with Gasteiger partial charge in [0.15, 0.2) is 5.82 Å². The summed E-state index contributed by atoms with van der Waals surface area (Å²) in [5.41, 5.74) is 0. The minimum atomic E-state index is 0.0771. The van der Waals surface area contributed by atoms with Crippen molar-refractivity contribution in [2.24, 2.45) is 0 Å². The Morgan fingerprint density at radius 3 is 3.27 bits per heavy atom. The van der Waals surface area contributed by atoms with Crippen LogP contribution in [0.3, 0.4) is 0 Å². The predicted octanol–water partition coefficient (Wildman–Crippen LogP) is 2.84. The predicted molar refractivity (Wildman–Crippen MR) is 83.5 cm³/mol. The van der Waals surface area contributed by atoms with Gasteiger partial charge in [0.1, 0.15) is 5.82 Å². The minimum absolute atomic E-state index is 0.0771. The van der Waals surface area contributed by atoms with E-state index in [2.05, 4.69) is 45.1 Å². The van der Waals surface area contributed by atoms with Crippen LogP contribution in [0.15, 0.2) is 16.9 Å². The van der Waals surface area contributed by atoms with E-state index in [1.54, 1.807) is 0 Å². The number of fused-ring (bicyclic) bond motifs is 1. The van der Waals surface area contributed by atoms with Crippen LogP contribution in [-0.4, -0.2) is 26.2 Å². The van der Waals surface area contributed by atoms with E-state index in [9.17, 15) is 0 Å². The van der Waals surface area contributed by atoms with Gasteiger partial charge in [0, 0.05) is 37.8 Å². The Morgan fingerprint density at radius 1 is 1.50 bits per heavy atom. The number of imidazole rings is 1. The van der Waals surface area contributed by atoms with Crippen molar-refractivity contribution in [2.45, 2.75) is 64.5 Å². The zero-order valence-electron chi connectivity index (χ0n) is 13.5. The number of aryl methyl sites for hydroxylation is 2. The third kappa shape index (κ3) is 3.38. The first kappa shape index (κ1) is 15.2. The highest BCUT2D eigenvalue weighted by molar-refractivity contribution is 5.04. The van der Waals surface area contributed by atoms with Crippen LogP contribution < -0.4 is 5.32 Å². The molecule has 0 saturated carbocycles. The van der Waals surface area contributed by atoms with Gasteiger partial charge in [-0.3, -0.25) is 0 Å². The molecule has 2 aromatic heterocycles. The summed E-state index contributed by atoms with van der Waals surface area (Å²) in [6.45, 7) is 6.22. The molecule has 0 bridgehead atoms. The molecule has 1 aliphatic rings. The van der Waals surface area contributed by atoms with E-state index in [0.29, 0.717) is 11.8 Å². The Hall–Kier alpha value is -1.69. The van der Waals surface area contributed by atoms with Gasteiger partial charge >= 0.3 is 0 Å². The van der Waals surface area contributed by atoms with Gasteiger partial charge in [-0.25, -0.2) is 4.98 Å². The third-order valence-corrected chi connectivity index (χ3v) is 4.34. The highest BCUT2D eigenvalue weighted by Gasteiger charge is 2.23. The summed E-state index contributed by atoms with van der Waals surface area (Å²) in [7, 11) is 0. The van der Waals surface area contributed by atoms with Crippen molar-refractivity contribution in [2.75, 3.05) is 6.54 Å². The molecular formula is C16H25N5O. The smallest absolute Gasteiger partial charge is 0.243 e. The van der Waals surface area contributed by atoms with E-state index in [-0.39, 0.29) is 6.04 Å². The van der Waals surface area contributed by atoms with Crippen LogP contribution in [0, 0.1) is 0 Å². The lowest BCUT2D eigenvalue weighted by Gasteiger charge is -2.24. The van der Waals surface area contributed by atoms with E-state index in [4.69, 9.17) is 4.52 Å². The number of aromatic nitrogens is 4. The number of nitrogens with zero attached hydrogens (tertiary/aromatic N) is 4. The number of rotatable bonds is 7. The molecule has 6 nitrogen and oxygen atoms in total. The van der Waals surface area contributed by atoms with Crippen LogP contribution in [0.1, 0.15) is 69.0 Å². The third-order valence-electron chi connectivity index (χ3n) is 4.34. The first-order valence-corrected chi connectivity index (χ1v) is 8.34. The normalized spacial score (nSPS) is 19.1. The molecule has 3 heterocycles. The molecule has 2 aromatic rings. The quantitative estimate of drug-likeness (QED) is 0.852. The summed E-state index contributed by atoms with van der Waals surface area (Å²) in [5, 5.41) is 7.57. The van der Waals surface area contributed by atoms with Gasteiger partial charge < -0.3 is 14.4 Å². The second kappa shape index (κ2) is 7.05. The SMILES string of the molecule is CCCCc1noc(C(C)NCC2CCCn3ccnc32)n1. The van der Waals surface area contributed by atoms with E-state index in [0.717, 1.165) is 38.2 Å². The highest BCUT2D eigenvalue weighted by atomic mass is 16.5. The molecule has 0 aliphatic carbocycles. The lowest BCUT2D eigenvalue weighted by molar-refractivity contribution is 0.325. The van der Waals surface area contributed by atoms with E-state index in [1.165, 1.54) is 18.7 Å². The Morgan fingerprint density at radius 2 is 2.41 bits per heavy atom. The molecular weight excluding hydrogens is 278 g/mol. The molecule has 0 amide bonds. The zero-order chi connectivity index (χ0) is 15.4. The second-order valence-corrected chi connectivity index (χ2v) is 6.10. The van der Waals surface area contributed by atoms with Crippen molar-refractivity contribution in [3.8, 4) is 0 Å².